The second kappa shape index (κ2) is 5.67. The van der Waals surface area contributed by atoms with Crippen molar-refractivity contribution >= 4 is 12.0 Å². The molecular weight excluding hydrogens is 292 g/mol. The monoisotopic (exact) mass is 320 g/mol. The van der Waals surface area contributed by atoms with Crippen LogP contribution >= 0.6 is 0 Å². The van der Waals surface area contributed by atoms with Crippen molar-refractivity contribution in [3.8, 4) is 0 Å². The summed E-state index contributed by atoms with van der Waals surface area (Å²) in [5.41, 5.74) is -0.248. The smallest absolute Gasteiger partial charge is 0.407 e. The van der Waals surface area contributed by atoms with E-state index in [2.05, 4.69) is 5.32 Å². The number of alkyl carbamates (subject to hydrolysis) is 1. The summed E-state index contributed by atoms with van der Waals surface area (Å²) in [4.78, 5) is 25.8. The highest BCUT2D eigenvalue weighted by Crippen LogP contribution is 2.45. The molecule has 0 bridgehead atoms. The van der Waals surface area contributed by atoms with Crippen LogP contribution in [0.1, 0.15) is 57.8 Å². The Balaban J connectivity index is 1.24. The highest BCUT2D eigenvalue weighted by Gasteiger charge is 2.54. The van der Waals surface area contributed by atoms with Crippen molar-refractivity contribution in [2.45, 2.75) is 69.4 Å². The third kappa shape index (κ3) is 2.72. The Morgan fingerprint density at radius 3 is 2.48 bits per heavy atom. The van der Waals surface area contributed by atoms with Crippen molar-refractivity contribution in [2.75, 3.05) is 13.7 Å². The van der Waals surface area contributed by atoms with E-state index in [1.54, 1.807) is 0 Å². The molecule has 4 fully saturated rings. The molecule has 23 heavy (non-hydrogen) atoms. The van der Waals surface area contributed by atoms with Crippen LogP contribution < -0.4 is 5.32 Å². The molecule has 0 aromatic heterocycles. The number of hydrogen-bond donors (Lipinski definition) is 1. The minimum absolute atomic E-state index is 0.0655. The van der Waals surface area contributed by atoms with Crippen LogP contribution in [-0.2, 0) is 9.53 Å². The molecule has 0 atom stereocenters. The molecule has 5 nitrogen and oxygen atoms in total. The van der Waals surface area contributed by atoms with E-state index in [4.69, 9.17) is 4.74 Å². The van der Waals surface area contributed by atoms with E-state index in [0.29, 0.717) is 12.6 Å². The van der Waals surface area contributed by atoms with Crippen LogP contribution in [0.3, 0.4) is 0 Å². The minimum atomic E-state index is -0.335. The fraction of sp³-hybridized carbons (Fsp3) is 0.889. The predicted molar refractivity (Wildman–Crippen MR) is 85.8 cm³/mol. The van der Waals surface area contributed by atoms with E-state index < -0.39 is 0 Å². The van der Waals surface area contributed by atoms with E-state index in [1.165, 1.54) is 44.9 Å². The molecule has 1 spiro atoms. The van der Waals surface area contributed by atoms with Gasteiger partial charge in [0.1, 0.15) is 6.61 Å². The van der Waals surface area contributed by atoms with Gasteiger partial charge >= 0.3 is 6.09 Å². The Labute approximate surface area is 138 Å². The molecular formula is C18H28N2O3. The molecule has 1 aliphatic heterocycles. The number of cyclic esters (lactones) is 1. The molecule has 3 saturated carbocycles. The number of hydrogen-bond acceptors (Lipinski definition) is 3. The largest absolute Gasteiger partial charge is 0.447 e. The lowest BCUT2D eigenvalue weighted by Gasteiger charge is -2.49. The molecule has 128 valence electrons. The lowest BCUT2D eigenvalue weighted by Crippen LogP contribution is -2.59. The molecule has 2 amide bonds. The Morgan fingerprint density at radius 1 is 1.17 bits per heavy atom. The van der Waals surface area contributed by atoms with E-state index >= 15 is 0 Å². The van der Waals surface area contributed by atoms with Gasteiger partial charge in [0.25, 0.3) is 0 Å². The van der Waals surface area contributed by atoms with Crippen LogP contribution in [-0.4, -0.2) is 42.1 Å². The van der Waals surface area contributed by atoms with Gasteiger partial charge in [-0.2, -0.15) is 0 Å². The van der Waals surface area contributed by atoms with Crippen LogP contribution in [0.2, 0.25) is 0 Å². The average Bonchev–Trinajstić information content (AvgIpc) is 2.87. The van der Waals surface area contributed by atoms with Gasteiger partial charge in [-0.25, -0.2) is 4.79 Å². The summed E-state index contributed by atoms with van der Waals surface area (Å²) in [5, 5.41) is 2.87. The Morgan fingerprint density at radius 2 is 1.87 bits per heavy atom. The van der Waals surface area contributed by atoms with E-state index in [-0.39, 0.29) is 23.5 Å². The summed E-state index contributed by atoms with van der Waals surface area (Å²) in [5.74, 6) is 2.10. The third-order valence-electron chi connectivity index (χ3n) is 6.83. The van der Waals surface area contributed by atoms with Gasteiger partial charge in [0.2, 0.25) is 5.91 Å². The summed E-state index contributed by atoms with van der Waals surface area (Å²) in [6.07, 6.45) is 10.6. The molecule has 1 saturated heterocycles. The van der Waals surface area contributed by atoms with Crippen LogP contribution in [0.4, 0.5) is 4.79 Å². The maximum absolute atomic E-state index is 12.6. The first-order valence-corrected chi connectivity index (χ1v) is 9.28. The van der Waals surface area contributed by atoms with Gasteiger partial charge in [-0.3, -0.25) is 4.79 Å². The fourth-order valence-corrected chi connectivity index (χ4v) is 5.17. The number of rotatable bonds is 3. The van der Waals surface area contributed by atoms with Crippen molar-refractivity contribution in [1.29, 1.82) is 0 Å². The zero-order valence-electron chi connectivity index (χ0n) is 14.1. The van der Waals surface area contributed by atoms with Gasteiger partial charge in [0, 0.05) is 19.0 Å². The third-order valence-corrected chi connectivity index (χ3v) is 6.83. The van der Waals surface area contributed by atoms with E-state index in [0.717, 1.165) is 24.7 Å². The molecule has 4 rings (SSSR count). The van der Waals surface area contributed by atoms with Gasteiger partial charge < -0.3 is 15.0 Å². The highest BCUT2D eigenvalue weighted by atomic mass is 16.6. The molecule has 4 aliphatic rings. The van der Waals surface area contributed by atoms with Gasteiger partial charge in [-0.1, -0.05) is 32.1 Å². The number of nitrogens with zero attached hydrogens (tertiary/aromatic N) is 1. The summed E-state index contributed by atoms with van der Waals surface area (Å²) >= 11 is 0. The first kappa shape index (κ1) is 15.3. The van der Waals surface area contributed by atoms with Crippen molar-refractivity contribution in [2.24, 2.45) is 17.8 Å². The quantitative estimate of drug-likeness (QED) is 0.870. The number of nitrogens with one attached hydrogen (secondary N) is 1. The van der Waals surface area contributed by atoms with Crippen LogP contribution in [0.5, 0.6) is 0 Å². The Bertz CT molecular complexity index is 488. The van der Waals surface area contributed by atoms with Gasteiger partial charge in [0.15, 0.2) is 0 Å². The molecule has 0 aromatic carbocycles. The minimum Gasteiger partial charge on any atom is -0.447 e. The molecule has 1 N–H and O–H groups in total. The van der Waals surface area contributed by atoms with Crippen LogP contribution in [0.25, 0.3) is 0 Å². The number of carbonyl (C=O) groups excluding carboxylic acids is 2. The van der Waals surface area contributed by atoms with Crippen molar-refractivity contribution < 1.29 is 14.3 Å². The molecule has 5 heteroatoms. The molecule has 3 aliphatic carbocycles. The summed E-state index contributed by atoms with van der Waals surface area (Å²) in [7, 11) is 1.97. The first-order valence-electron chi connectivity index (χ1n) is 9.28. The fourth-order valence-electron chi connectivity index (χ4n) is 5.17. The number of ether oxygens (including phenoxy) is 1. The normalized spacial score (nSPS) is 40.0. The summed E-state index contributed by atoms with van der Waals surface area (Å²) in [6.45, 7) is 0.423. The van der Waals surface area contributed by atoms with E-state index in [9.17, 15) is 9.59 Å². The standard InChI is InChI=1S/C18H28N2O3/c1-20(15-7-13(8-15)12-5-3-2-4-6-12)16(21)14-9-18(10-14)11-23-17(22)19-18/h12-15H,2-11H2,1H3,(H,19,22)/t13-,14-,15+,18+. The van der Waals surface area contributed by atoms with Crippen LogP contribution in [0, 0.1) is 17.8 Å². The summed E-state index contributed by atoms with van der Waals surface area (Å²) < 4.78 is 4.99. The summed E-state index contributed by atoms with van der Waals surface area (Å²) in [6, 6.07) is 0.445. The van der Waals surface area contributed by atoms with Gasteiger partial charge in [0.05, 0.1) is 5.54 Å². The van der Waals surface area contributed by atoms with Crippen LogP contribution in [0.15, 0.2) is 0 Å². The van der Waals surface area contributed by atoms with E-state index in [1.807, 2.05) is 11.9 Å². The second-order valence-corrected chi connectivity index (χ2v) is 8.32. The average molecular weight is 320 g/mol. The van der Waals surface area contributed by atoms with Gasteiger partial charge in [-0.05, 0) is 37.5 Å². The lowest BCUT2D eigenvalue weighted by molar-refractivity contribution is -0.145. The maximum atomic E-state index is 12.6. The number of amides is 2. The number of carbonyl (C=O) groups is 2. The van der Waals surface area contributed by atoms with Crippen molar-refractivity contribution in [3.63, 3.8) is 0 Å². The zero-order valence-corrected chi connectivity index (χ0v) is 14.1. The second-order valence-electron chi connectivity index (χ2n) is 8.32. The Kier molecular flexibility index (Phi) is 3.77. The molecule has 0 unspecified atom stereocenters. The SMILES string of the molecule is CN(C(=O)[C@H]1C[C@]2(COC(=O)N2)C1)[C@H]1C[C@@H](C2CCCCC2)C1. The molecule has 0 aromatic rings. The molecule has 0 radical (unpaired) electrons. The maximum Gasteiger partial charge on any atom is 0.407 e. The van der Waals surface area contributed by atoms with Crippen molar-refractivity contribution in [1.82, 2.24) is 10.2 Å². The molecule has 1 heterocycles. The van der Waals surface area contributed by atoms with Gasteiger partial charge in [-0.15, -0.1) is 0 Å². The van der Waals surface area contributed by atoms with Crippen molar-refractivity contribution in [3.05, 3.63) is 0 Å². The topological polar surface area (TPSA) is 58.6 Å². The lowest BCUT2D eigenvalue weighted by atomic mass is 9.66. The predicted octanol–water partition coefficient (Wildman–Crippen LogP) is 2.69. The Hall–Kier alpha value is -1.26. The zero-order chi connectivity index (χ0) is 16.0. The highest BCUT2D eigenvalue weighted by molar-refractivity contribution is 5.81. The first-order chi connectivity index (χ1) is 11.1.